The molecule has 0 aliphatic rings. The summed E-state index contributed by atoms with van der Waals surface area (Å²) in [5.41, 5.74) is 6.76. The van der Waals surface area contributed by atoms with Gasteiger partial charge in [-0.25, -0.2) is 8.42 Å². The molecule has 3 rings (SSSR count). The van der Waals surface area contributed by atoms with E-state index in [0.717, 1.165) is 16.9 Å². The van der Waals surface area contributed by atoms with Gasteiger partial charge in [0.2, 0.25) is 9.84 Å². The largest absolute Gasteiger partial charge is 0.374 e. The summed E-state index contributed by atoms with van der Waals surface area (Å²) in [6.45, 7) is 1.85. The number of aromatic nitrogens is 2. The first-order chi connectivity index (χ1) is 12.3. The molecule has 1 unspecified atom stereocenters. The maximum atomic E-state index is 12.8. The zero-order chi connectivity index (χ0) is 18.9. The molecule has 2 aromatic heterocycles. The van der Waals surface area contributed by atoms with E-state index in [1.54, 1.807) is 12.1 Å². The number of aryl methyl sites for hydroxylation is 1. The van der Waals surface area contributed by atoms with Gasteiger partial charge in [0.25, 0.3) is 5.91 Å². The number of aliphatic hydroxyl groups excluding tert-OH is 1. The van der Waals surface area contributed by atoms with Crippen LogP contribution in [0.1, 0.15) is 27.8 Å². The molecule has 10 heteroatoms. The maximum Gasteiger partial charge on any atom is 0.274 e. The van der Waals surface area contributed by atoms with Crippen LogP contribution in [0.5, 0.6) is 0 Å². The minimum absolute atomic E-state index is 0.0271. The number of aliphatic hydroxyl groups is 1. The number of nitrogens with one attached hydrogen (secondary N) is 2. The number of benzene rings is 1. The van der Waals surface area contributed by atoms with Crippen molar-refractivity contribution in [2.75, 3.05) is 5.32 Å². The summed E-state index contributed by atoms with van der Waals surface area (Å²) in [6.07, 6.45) is -0.0275. The Balaban J connectivity index is 1.99. The molecule has 1 atom stereocenters. The smallest absolute Gasteiger partial charge is 0.274 e. The Labute approximate surface area is 153 Å². The Bertz CT molecular complexity index is 1020. The highest BCUT2D eigenvalue weighted by Crippen LogP contribution is 2.36. The van der Waals surface area contributed by atoms with Crippen molar-refractivity contribution in [3.63, 3.8) is 0 Å². The molecule has 0 spiro atoms. The third kappa shape index (κ3) is 3.53. The molecule has 0 radical (unpaired) electrons. The number of nitrogens with two attached hydrogens (primary N) is 1. The third-order valence-corrected chi connectivity index (χ3v) is 6.93. The minimum Gasteiger partial charge on any atom is -0.374 e. The van der Waals surface area contributed by atoms with Crippen LogP contribution in [-0.4, -0.2) is 29.6 Å². The van der Waals surface area contributed by atoms with Crippen LogP contribution in [0, 0.1) is 6.92 Å². The first kappa shape index (κ1) is 18.3. The van der Waals surface area contributed by atoms with E-state index < -0.39 is 22.0 Å². The number of carbonyl (C=O) groups excluding carboxylic acids is 1. The number of rotatable bonds is 5. The number of anilines is 1. The summed E-state index contributed by atoms with van der Waals surface area (Å²) in [5.74, 6) is -0.523. The van der Waals surface area contributed by atoms with E-state index in [-0.39, 0.29) is 25.4 Å². The van der Waals surface area contributed by atoms with E-state index in [0.29, 0.717) is 0 Å². The number of thiophene rings is 1. The predicted octanol–water partition coefficient (Wildman–Crippen LogP) is 1.81. The Morgan fingerprint density at radius 1 is 1.31 bits per heavy atom. The number of hydrogen-bond acceptors (Lipinski definition) is 7. The van der Waals surface area contributed by atoms with Crippen molar-refractivity contribution in [3.05, 3.63) is 59.4 Å². The molecular weight excluding hydrogens is 376 g/mol. The molecule has 0 bridgehead atoms. The normalized spacial score (nSPS) is 12.7. The van der Waals surface area contributed by atoms with E-state index in [1.807, 2.05) is 6.92 Å². The highest BCUT2D eigenvalue weighted by atomic mass is 32.2. The second-order valence-corrected chi connectivity index (χ2v) is 8.76. The highest BCUT2D eigenvalue weighted by Gasteiger charge is 2.25. The van der Waals surface area contributed by atoms with Gasteiger partial charge in [0.05, 0.1) is 4.90 Å². The van der Waals surface area contributed by atoms with Crippen molar-refractivity contribution in [2.24, 2.45) is 5.73 Å². The quantitative estimate of drug-likeness (QED) is 0.489. The van der Waals surface area contributed by atoms with Crippen molar-refractivity contribution in [1.82, 2.24) is 10.2 Å². The van der Waals surface area contributed by atoms with Crippen LogP contribution in [0.15, 0.2) is 51.7 Å². The van der Waals surface area contributed by atoms with Crippen LogP contribution in [0.25, 0.3) is 0 Å². The molecule has 0 aliphatic heterocycles. The predicted molar refractivity (Wildman–Crippen MR) is 96.6 cm³/mol. The molecule has 5 N–H and O–H groups in total. The summed E-state index contributed by atoms with van der Waals surface area (Å²) < 4.78 is 25.6. The van der Waals surface area contributed by atoms with Gasteiger partial charge in [-0.3, -0.25) is 9.89 Å². The van der Waals surface area contributed by atoms with Gasteiger partial charge in [0, 0.05) is 11.8 Å². The third-order valence-electron chi connectivity index (χ3n) is 3.63. The highest BCUT2D eigenvalue weighted by molar-refractivity contribution is 7.93. The van der Waals surface area contributed by atoms with Gasteiger partial charge in [-0.05, 0) is 31.2 Å². The lowest BCUT2D eigenvalue weighted by Gasteiger charge is -2.06. The van der Waals surface area contributed by atoms with Gasteiger partial charge in [-0.1, -0.05) is 17.7 Å². The molecule has 3 aromatic rings. The van der Waals surface area contributed by atoms with E-state index in [9.17, 15) is 18.3 Å². The van der Waals surface area contributed by atoms with Gasteiger partial charge < -0.3 is 16.2 Å². The number of amides is 1. The fraction of sp³-hybridized carbons (Fsp3) is 0.125. The Hall–Kier alpha value is -2.53. The average Bonchev–Trinajstić information content (AvgIpc) is 3.25. The van der Waals surface area contributed by atoms with Gasteiger partial charge in [0.15, 0.2) is 0 Å². The lowest BCUT2D eigenvalue weighted by molar-refractivity contribution is 0.102. The molecule has 136 valence electrons. The van der Waals surface area contributed by atoms with Crippen LogP contribution in [0.4, 0.5) is 5.00 Å². The number of sulfone groups is 1. The summed E-state index contributed by atoms with van der Waals surface area (Å²) in [6, 6.07) is 9.14. The summed E-state index contributed by atoms with van der Waals surface area (Å²) in [7, 11) is -3.80. The molecule has 0 saturated carbocycles. The number of nitrogens with zero attached hydrogens (tertiary/aromatic N) is 1. The second-order valence-electron chi connectivity index (χ2n) is 5.54. The maximum absolute atomic E-state index is 12.8. The van der Waals surface area contributed by atoms with Gasteiger partial charge in [-0.15, -0.1) is 11.3 Å². The molecule has 1 aromatic carbocycles. The zero-order valence-electron chi connectivity index (χ0n) is 13.6. The number of hydrogen-bond donors (Lipinski definition) is 4. The van der Waals surface area contributed by atoms with E-state index in [4.69, 9.17) is 5.73 Å². The van der Waals surface area contributed by atoms with Crippen LogP contribution < -0.4 is 11.1 Å². The monoisotopic (exact) mass is 392 g/mol. The zero-order valence-corrected chi connectivity index (χ0v) is 15.3. The van der Waals surface area contributed by atoms with Crippen LogP contribution in [-0.2, 0) is 9.84 Å². The summed E-state index contributed by atoms with van der Waals surface area (Å²) >= 11 is 0.825. The summed E-state index contributed by atoms with van der Waals surface area (Å²) in [4.78, 5) is 12.3. The SMILES string of the molecule is Cc1ccc(S(=O)(=O)c2cc(C(N)O)c(NC(=O)c3ccn[nH]3)s2)cc1. The molecule has 0 fully saturated rings. The lowest BCUT2D eigenvalue weighted by atomic mass is 10.2. The van der Waals surface area contributed by atoms with Gasteiger partial charge >= 0.3 is 0 Å². The Morgan fingerprint density at radius 3 is 2.58 bits per heavy atom. The standard InChI is InChI=1S/C16H16N4O4S2/c1-9-2-4-10(5-3-9)26(23,24)13-8-11(14(17)21)16(25-13)19-15(22)12-6-7-18-20-12/h2-8,14,21H,17H2,1H3,(H,18,20)(H,19,22). The molecule has 26 heavy (non-hydrogen) atoms. The topological polar surface area (TPSA) is 138 Å². The van der Waals surface area contributed by atoms with Gasteiger partial charge in [-0.2, -0.15) is 5.10 Å². The van der Waals surface area contributed by atoms with E-state index in [1.165, 1.54) is 30.5 Å². The van der Waals surface area contributed by atoms with E-state index in [2.05, 4.69) is 15.5 Å². The van der Waals surface area contributed by atoms with Crippen LogP contribution in [0.3, 0.4) is 0 Å². The molecular formula is C16H16N4O4S2. The molecule has 0 aliphatic carbocycles. The van der Waals surface area contributed by atoms with Crippen molar-refractivity contribution in [1.29, 1.82) is 0 Å². The van der Waals surface area contributed by atoms with Crippen molar-refractivity contribution < 1.29 is 18.3 Å². The van der Waals surface area contributed by atoms with E-state index >= 15 is 0 Å². The average molecular weight is 392 g/mol. The van der Waals surface area contributed by atoms with Crippen molar-refractivity contribution in [2.45, 2.75) is 22.3 Å². The second kappa shape index (κ2) is 7.00. The fourth-order valence-electron chi connectivity index (χ4n) is 2.22. The Kier molecular flexibility index (Phi) is 4.92. The minimum atomic E-state index is -3.80. The number of H-pyrrole nitrogens is 1. The van der Waals surface area contributed by atoms with Crippen LogP contribution in [0.2, 0.25) is 0 Å². The van der Waals surface area contributed by atoms with Crippen molar-refractivity contribution in [3.8, 4) is 0 Å². The lowest BCUT2D eigenvalue weighted by Crippen LogP contribution is -2.15. The number of aromatic amines is 1. The van der Waals surface area contributed by atoms with Gasteiger partial charge in [0.1, 0.15) is 21.1 Å². The van der Waals surface area contributed by atoms with Crippen molar-refractivity contribution >= 4 is 32.1 Å². The Morgan fingerprint density at radius 2 is 2.00 bits per heavy atom. The first-order valence-corrected chi connectivity index (χ1v) is 9.79. The number of carbonyl (C=O) groups is 1. The summed E-state index contributed by atoms with van der Waals surface area (Å²) in [5, 5.41) is 18.6. The molecule has 1 amide bonds. The molecule has 0 saturated heterocycles. The van der Waals surface area contributed by atoms with Crippen LogP contribution >= 0.6 is 11.3 Å². The molecule has 8 nitrogen and oxygen atoms in total. The molecule has 2 heterocycles. The fourth-order valence-corrected chi connectivity index (χ4v) is 5.03. The first-order valence-electron chi connectivity index (χ1n) is 7.49.